The van der Waals surface area contributed by atoms with E-state index in [2.05, 4.69) is 6.58 Å². The van der Waals surface area contributed by atoms with E-state index in [0.29, 0.717) is 0 Å². The molecule has 0 amide bonds. The summed E-state index contributed by atoms with van der Waals surface area (Å²) < 4.78 is 16.0. The minimum atomic E-state index is -2.46. The molecule has 1 aliphatic heterocycles. The molecule has 5 atom stereocenters. The number of hydrogen-bond acceptors (Lipinski definition) is 10. The number of ketones is 1. The number of carbonyl (C=O) groups excluding carboxylic acids is 1. The summed E-state index contributed by atoms with van der Waals surface area (Å²) in [6, 6.07) is 3.74. The molecule has 0 radical (unpaired) electrons. The van der Waals surface area contributed by atoms with E-state index in [1.54, 1.807) is 0 Å². The Morgan fingerprint density at radius 2 is 1.96 bits per heavy atom. The summed E-state index contributed by atoms with van der Waals surface area (Å²) in [5, 5.41) is 50.6. The highest BCUT2D eigenvalue weighted by molar-refractivity contribution is 5.85. The van der Waals surface area contributed by atoms with Gasteiger partial charge in [0, 0.05) is 6.92 Å². The summed E-state index contributed by atoms with van der Waals surface area (Å²) in [7, 11) is 1.24. The first-order chi connectivity index (χ1) is 13.1. The molecule has 1 aromatic rings. The monoisotopic (exact) mass is 399 g/mol. The van der Waals surface area contributed by atoms with Crippen molar-refractivity contribution in [2.24, 2.45) is 0 Å². The molecule has 4 N–H and O–H groups in total. The molecule has 0 unspecified atom stereocenters. The van der Waals surface area contributed by atoms with Crippen molar-refractivity contribution in [3.8, 4) is 11.5 Å². The van der Waals surface area contributed by atoms with E-state index in [9.17, 15) is 35.3 Å². The van der Waals surface area contributed by atoms with E-state index in [4.69, 9.17) is 14.2 Å². The average molecular weight is 399 g/mol. The number of methoxy groups -OCH3 is 1. The third-order valence-electron chi connectivity index (χ3n) is 4.42. The Kier molecular flexibility index (Phi) is 6.37. The molecule has 1 fully saturated rings. The minimum Gasteiger partial charge on any atom is -0.493 e. The molecule has 0 aromatic heterocycles. The van der Waals surface area contributed by atoms with Crippen molar-refractivity contribution in [2.45, 2.75) is 37.1 Å². The van der Waals surface area contributed by atoms with E-state index in [-0.39, 0.29) is 17.1 Å². The van der Waals surface area contributed by atoms with Crippen LogP contribution in [0.5, 0.6) is 11.5 Å². The van der Waals surface area contributed by atoms with Crippen LogP contribution in [0.4, 0.5) is 0 Å². The predicted octanol–water partition coefficient (Wildman–Crippen LogP) is -0.920. The Labute approximate surface area is 159 Å². The number of nitrogens with zero attached hydrogens (tertiary/aromatic N) is 1. The van der Waals surface area contributed by atoms with E-state index in [1.165, 1.54) is 25.3 Å². The highest BCUT2D eigenvalue weighted by Gasteiger charge is 2.59. The first kappa shape index (κ1) is 21.7. The lowest BCUT2D eigenvalue weighted by Crippen LogP contribution is -2.70. The fourth-order valence-electron chi connectivity index (χ4n) is 2.79. The molecule has 2 rings (SSSR count). The van der Waals surface area contributed by atoms with Crippen LogP contribution < -0.4 is 9.47 Å². The van der Waals surface area contributed by atoms with E-state index >= 15 is 0 Å². The first-order valence-corrected chi connectivity index (χ1v) is 8.13. The van der Waals surface area contributed by atoms with E-state index < -0.39 is 53.2 Å². The summed E-state index contributed by atoms with van der Waals surface area (Å²) in [6.45, 7) is 3.60. The lowest BCUT2D eigenvalue weighted by atomic mass is 9.90. The van der Waals surface area contributed by atoms with Crippen molar-refractivity contribution in [2.75, 3.05) is 13.7 Å². The number of rotatable bonds is 7. The maximum Gasteiger partial charge on any atom is 0.299 e. The Morgan fingerprint density at radius 1 is 1.32 bits per heavy atom. The lowest BCUT2D eigenvalue weighted by Gasteiger charge is -2.46. The molecule has 1 aromatic carbocycles. The zero-order valence-corrected chi connectivity index (χ0v) is 15.1. The van der Waals surface area contributed by atoms with Gasteiger partial charge in [-0.25, -0.2) is 0 Å². The molecule has 0 aliphatic carbocycles. The van der Waals surface area contributed by atoms with Crippen LogP contribution in [0.1, 0.15) is 12.5 Å². The van der Waals surface area contributed by atoms with Crippen molar-refractivity contribution >= 4 is 11.5 Å². The molecule has 1 heterocycles. The molecule has 0 saturated carbocycles. The van der Waals surface area contributed by atoms with Gasteiger partial charge in [0.05, 0.1) is 24.2 Å². The Morgan fingerprint density at radius 3 is 2.46 bits per heavy atom. The summed E-state index contributed by atoms with van der Waals surface area (Å²) in [5.41, 5.74) is -0.293. The summed E-state index contributed by atoms with van der Waals surface area (Å²) in [6.07, 6.45) is -6.93. The van der Waals surface area contributed by atoms with Gasteiger partial charge in [0.1, 0.15) is 18.3 Å². The molecular formula is C17H21NO10. The van der Waals surface area contributed by atoms with Crippen LogP contribution in [0.3, 0.4) is 0 Å². The molecule has 1 saturated heterocycles. The van der Waals surface area contributed by atoms with Crippen molar-refractivity contribution in [1.29, 1.82) is 0 Å². The number of ether oxygens (including phenoxy) is 3. The molecule has 11 heteroatoms. The largest absolute Gasteiger partial charge is 0.493 e. The number of nitro groups is 1. The van der Waals surface area contributed by atoms with Gasteiger partial charge in [-0.05, 0) is 24.8 Å². The number of Topliss-reactive ketones (excluding diaryl/α,β-unsaturated/α-hetero) is 1. The van der Waals surface area contributed by atoms with E-state index in [0.717, 1.165) is 6.92 Å². The number of carbonyl (C=O) groups is 1. The quantitative estimate of drug-likeness (QED) is 0.332. The number of aliphatic hydroxyl groups excluding tert-OH is 4. The van der Waals surface area contributed by atoms with Gasteiger partial charge in [-0.15, -0.1) is 0 Å². The number of hydrogen-bond donors (Lipinski definition) is 4. The fourth-order valence-corrected chi connectivity index (χ4v) is 2.79. The van der Waals surface area contributed by atoms with Gasteiger partial charge in [0.15, 0.2) is 17.6 Å². The third-order valence-corrected chi connectivity index (χ3v) is 4.42. The van der Waals surface area contributed by atoms with E-state index in [1.807, 2.05) is 0 Å². The van der Waals surface area contributed by atoms with Crippen molar-refractivity contribution in [1.82, 2.24) is 0 Å². The van der Waals surface area contributed by atoms with Crippen LogP contribution in [-0.2, 0) is 9.53 Å². The van der Waals surface area contributed by atoms with Gasteiger partial charge in [-0.1, -0.05) is 0 Å². The number of benzene rings is 1. The molecule has 28 heavy (non-hydrogen) atoms. The van der Waals surface area contributed by atoms with Gasteiger partial charge in [-0.3, -0.25) is 14.9 Å². The summed E-state index contributed by atoms with van der Waals surface area (Å²) in [4.78, 5) is 22.5. The molecular weight excluding hydrogens is 378 g/mol. The lowest BCUT2D eigenvalue weighted by molar-refractivity contribution is -0.375. The zero-order valence-electron chi connectivity index (χ0n) is 15.1. The maximum atomic E-state index is 12.3. The highest BCUT2D eigenvalue weighted by Crippen LogP contribution is 2.38. The predicted molar refractivity (Wildman–Crippen MR) is 93.0 cm³/mol. The molecule has 11 nitrogen and oxygen atoms in total. The second-order valence-electron chi connectivity index (χ2n) is 6.16. The van der Waals surface area contributed by atoms with Gasteiger partial charge in [0.2, 0.25) is 5.78 Å². The molecule has 1 aliphatic rings. The highest BCUT2D eigenvalue weighted by atomic mass is 16.7. The Hall–Kier alpha value is -2.57. The van der Waals surface area contributed by atoms with Crippen molar-refractivity contribution < 1.29 is 44.4 Å². The van der Waals surface area contributed by atoms with Crippen LogP contribution in [0, 0.1) is 10.1 Å². The van der Waals surface area contributed by atoms with Crippen LogP contribution in [0.2, 0.25) is 0 Å². The SMILES string of the molecule is C=C(c1ccc(O[C@]2(C(C)=O)O[C@H](CO)[C@@H](O)[C@H](O)[C@H]2O)c(OC)c1)[N+](=O)[O-]. The van der Waals surface area contributed by atoms with Gasteiger partial charge < -0.3 is 34.6 Å². The smallest absolute Gasteiger partial charge is 0.299 e. The average Bonchev–Trinajstić information content (AvgIpc) is 2.67. The second-order valence-corrected chi connectivity index (χ2v) is 6.16. The molecule has 154 valence electrons. The zero-order chi connectivity index (χ0) is 21.2. The van der Waals surface area contributed by atoms with Crippen molar-refractivity contribution in [3.05, 3.63) is 40.5 Å². The molecule has 0 bridgehead atoms. The normalized spacial score (nSPS) is 29.8. The van der Waals surface area contributed by atoms with Crippen molar-refractivity contribution in [3.63, 3.8) is 0 Å². The Bertz CT molecular complexity index is 779. The standard InChI is InChI=1S/C17H21NO10/c1-8(18(24)25)10-4-5-11(12(6-10)26-3)27-17(9(2)20)16(23)15(22)14(21)13(7-19)28-17/h4-6,13-16,19,21-23H,1,7H2,2-3H3/t13-,14-,15+,16-,17-/m1/s1. The topological polar surface area (TPSA) is 169 Å². The summed E-state index contributed by atoms with van der Waals surface area (Å²) in [5.74, 6) is -3.50. The summed E-state index contributed by atoms with van der Waals surface area (Å²) >= 11 is 0. The van der Waals surface area contributed by atoms with Crippen LogP contribution in [0.25, 0.3) is 5.70 Å². The third kappa shape index (κ3) is 3.70. The number of aliphatic hydroxyl groups is 4. The van der Waals surface area contributed by atoms with Crippen LogP contribution in [0.15, 0.2) is 24.8 Å². The maximum absolute atomic E-state index is 12.3. The van der Waals surface area contributed by atoms with Gasteiger partial charge >= 0.3 is 0 Å². The Balaban J connectivity index is 2.48. The van der Waals surface area contributed by atoms with Crippen LogP contribution in [-0.4, -0.2) is 75.1 Å². The van der Waals surface area contributed by atoms with Gasteiger partial charge in [0.25, 0.3) is 11.5 Å². The van der Waals surface area contributed by atoms with Gasteiger partial charge in [-0.2, -0.15) is 0 Å². The second kappa shape index (κ2) is 8.20. The van der Waals surface area contributed by atoms with Crippen LogP contribution >= 0.6 is 0 Å². The molecule has 0 spiro atoms. The minimum absolute atomic E-state index is 0.0434. The first-order valence-electron chi connectivity index (χ1n) is 8.13. The fraction of sp³-hybridized carbons (Fsp3) is 0.471.